The number of aromatic nitrogens is 2. The van der Waals surface area contributed by atoms with Gasteiger partial charge in [-0.1, -0.05) is 11.6 Å². The Labute approximate surface area is 99.2 Å². The standard InChI is InChI=1S/C10H14ClN3O2/c1-5-6(2)9(14-13-8(5)11)12-7(3)10(15)16-4/h7H,1-4H3,(H,12,14). The first-order chi connectivity index (χ1) is 7.47. The van der Waals surface area contributed by atoms with Crippen LogP contribution in [-0.4, -0.2) is 29.3 Å². The van der Waals surface area contributed by atoms with E-state index < -0.39 is 6.04 Å². The van der Waals surface area contributed by atoms with Crippen molar-refractivity contribution < 1.29 is 9.53 Å². The van der Waals surface area contributed by atoms with E-state index in [1.165, 1.54) is 7.11 Å². The summed E-state index contributed by atoms with van der Waals surface area (Å²) < 4.78 is 4.60. The van der Waals surface area contributed by atoms with Crippen molar-refractivity contribution in [3.05, 3.63) is 16.3 Å². The monoisotopic (exact) mass is 243 g/mol. The van der Waals surface area contributed by atoms with Gasteiger partial charge in [-0.3, -0.25) is 0 Å². The van der Waals surface area contributed by atoms with E-state index in [4.69, 9.17) is 11.6 Å². The first-order valence-corrected chi connectivity index (χ1v) is 5.19. The Morgan fingerprint density at radius 2 is 2.00 bits per heavy atom. The third kappa shape index (κ3) is 2.61. The molecule has 88 valence electrons. The zero-order valence-corrected chi connectivity index (χ0v) is 10.4. The third-order valence-electron chi connectivity index (χ3n) is 2.37. The minimum Gasteiger partial charge on any atom is -0.467 e. The molecule has 0 spiro atoms. The van der Waals surface area contributed by atoms with Crippen molar-refractivity contribution in [2.24, 2.45) is 0 Å². The molecule has 0 aromatic carbocycles. The predicted molar refractivity (Wildman–Crippen MR) is 61.6 cm³/mol. The second-order valence-corrected chi connectivity index (χ2v) is 3.84. The average molecular weight is 244 g/mol. The molecule has 1 aromatic heterocycles. The van der Waals surface area contributed by atoms with Crippen molar-refractivity contribution in [3.8, 4) is 0 Å². The molecule has 0 radical (unpaired) electrons. The summed E-state index contributed by atoms with van der Waals surface area (Å²) in [6, 6.07) is -0.474. The molecule has 0 aliphatic carbocycles. The van der Waals surface area contributed by atoms with Crippen LogP contribution in [0, 0.1) is 13.8 Å². The number of nitrogens with zero attached hydrogens (tertiary/aromatic N) is 2. The van der Waals surface area contributed by atoms with Gasteiger partial charge in [-0.05, 0) is 31.9 Å². The number of halogens is 1. The van der Waals surface area contributed by atoms with Gasteiger partial charge in [0.25, 0.3) is 0 Å². The van der Waals surface area contributed by atoms with Crippen LogP contribution in [0.1, 0.15) is 18.1 Å². The molecule has 0 saturated carbocycles. The SMILES string of the molecule is COC(=O)C(C)Nc1nnc(Cl)c(C)c1C. The molecule has 1 atom stereocenters. The van der Waals surface area contributed by atoms with Gasteiger partial charge in [0.05, 0.1) is 7.11 Å². The number of methoxy groups -OCH3 is 1. The van der Waals surface area contributed by atoms with E-state index in [9.17, 15) is 4.79 Å². The Balaban J connectivity index is 2.90. The first-order valence-electron chi connectivity index (χ1n) is 4.81. The van der Waals surface area contributed by atoms with Crippen molar-refractivity contribution in [3.63, 3.8) is 0 Å². The van der Waals surface area contributed by atoms with Gasteiger partial charge in [-0.2, -0.15) is 0 Å². The Hall–Kier alpha value is -1.36. The van der Waals surface area contributed by atoms with Crippen LogP contribution in [0.2, 0.25) is 5.15 Å². The van der Waals surface area contributed by atoms with Gasteiger partial charge >= 0.3 is 5.97 Å². The molecule has 0 bridgehead atoms. The lowest BCUT2D eigenvalue weighted by Gasteiger charge is -2.14. The summed E-state index contributed by atoms with van der Waals surface area (Å²) in [5.41, 5.74) is 1.71. The van der Waals surface area contributed by atoms with Gasteiger partial charge in [-0.15, -0.1) is 10.2 Å². The van der Waals surface area contributed by atoms with Gasteiger partial charge < -0.3 is 10.1 Å². The van der Waals surface area contributed by atoms with E-state index in [0.29, 0.717) is 11.0 Å². The normalized spacial score (nSPS) is 12.1. The number of anilines is 1. The summed E-state index contributed by atoms with van der Waals surface area (Å²) in [4.78, 5) is 11.2. The van der Waals surface area contributed by atoms with Crippen LogP contribution in [0.5, 0.6) is 0 Å². The van der Waals surface area contributed by atoms with Crippen LogP contribution < -0.4 is 5.32 Å². The fourth-order valence-corrected chi connectivity index (χ4v) is 1.33. The van der Waals surface area contributed by atoms with Crippen LogP contribution in [0.3, 0.4) is 0 Å². The Morgan fingerprint density at radius 3 is 2.56 bits per heavy atom. The van der Waals surface area contributed by atoms with Crippen LogP contribution in [-0.2, 0) is 9.53 Å². The number of rotatable bonds is 3. The van der Waals surface area contributed by atoms with Crippen LogP contribution >= 0.6 is 11.6 Å². The maximum Gasteiger partial charge on any atom is 0.328 e. The summed E-state index contributed by atoms with van der Waals surface area (Å²) in [7, 11) is 1.34. The summed E-state index contributed by atoms with van der Waals surface area (Å²) >= 11 is 5.82. The largest absolute Gasteiger partial charge is 0.467 e. The van der Waals surface area contributed by atoms with Gasteiger partial charge in [0, 0.05) is 0 Å². The Kier molecular flexibility index (Phi) is 4.06. The van der Waals surface area contributed by atoms with Crippen LogP contribution in [0.15, 0.2) is 0 Å². The van der Waals surface area contributed by atoms with E-state index in [2.05, 4.69) is 20.3 Å². The summed E-state index contributed by atoms with van der Waals surface area (Å²) in [5.74, 6) is 0.189. The fourth-order valence-electron chi connectivity index (χ4n) is 1.15. The molecular weight excluding hydrogens is 230 g/mol. The zero-order valence-electron chi connectivity index (χ0n) is 9.67. The molecule has 5 nitrogen and oxygen atoms in total. The minimum atomic E-state index is -0.474. The molecule has 1 unspecified atom stereocenters. The maximum absolute atomic E-state index is 11.2. The number of carbonyl (C=O) groups is 1. The fraction of sp³-hybridized carbons (Fsp3) is 0.500. The Bertz CT molecular complexity index is 409. The van der Waals surface area contributed by atoms with E-state index >= 15 is 0 Å². The van der Waals surface area contributed by atoms with Crippen molar-refractivity contribution in [2.45, 2.75) is 26.8 Å². The molecule has 1 rings (SSSR count). The second-order valence-electron chi connectivity index (χ2n) is 3.48. The van der Waals surface area contributed by atoms with Gasteiger partial charge in [0.1, 0.15) is 6.04 Å². The van der Waals surface area contributed by atoms with E-state index in [1.54, 1.807) is 6.92 Å². The third-order valence-corrected chi connectivity index (χ3v) is 2.73. The number of esters is 1. The van der Waals surface area contributed by atoms with Gasteiger partial charge in [0.2, 0.25) is 0 Å². The first kappa shape index (κ1) is 12.7. The van der Waals surface area contributed by atoms with Gasteiger partial charge in [0.15, 0.2) is 11.0 Å². The number of nitrogens with one attached hydrogen (secondary N) is 1. The summed E-state index contributed by atoms with van der Waals surface area (Å²) in [6.45, 7) is 5.40. The lowest BCUT2D eigenvalue weighted by Crippen LogP contribution is -2.28. The maximum atomic E-state index is 11.2. The van der Waals surface area contributed by atoms with Crippen molar-refractivity contribution in [1.82, 2.24) is 10.2 Å². The molecule has 16 heavy (non-hydrogen) atoms. The zero-order chi connectivity index (χ0) is 12.3. The molecular formula is C10H14ClN3O2. The predicted octanol–water partition coefficient (Wildman–Crippen LogP) is 1.72. The lowest BCUT2D eigenvalue weighted by molar-refractivity contribution is -0.141. The second kappa shape index (κ2) is 5.12. The highest BCUT2D eigenvalue weighted by molar-refractivity contribution is 6.30. The van der Waals surface area contributed by atoms with Crippen molar-refractivity contribution in [2.75, 3.05) is 12.4 Å². The molecule has 0 aliphatic heterocycles. The molecule has 0 fully saturated rings. The quantitative estimate of drug-likeness (QED) is 0.819. The summed E-state index contributed by atoms with van der Waals surface area (Å²) in [6.07, 6.45) is 0. The van der Waals surface area contributed by atoms with E-state index in [0.717, 1.165) is 11.1 Å². The lowest BCUT2D eigenvalue weighted by atomic mass is 10.2. The number of carbonyl (C=O) groups excluding carboxylic acids is 1. The minimum absolute atomic E-state index is 0.353. The van der Waals surface area contributed by atoms with Gasteiger partial charge in [-0.25, -0.2) is 4.79 Å². The molecule has 0 amide bonds. The smallest absolute Gasteiger partial charge is 0.328 e. The van der Waals surface area contributed by atoms with E-state index in [-0.39, 0.29) is 5.97 Å². The molecule has 0 aliphatic rings. The van der Waals surface area contributed by atoms with Crippen molar-refractivity contribution in [1.29, 1.82) is 0 Å². The topological polar surface area (TPSA) is 64.1 Å². The Morgan fingerprint density at radius 1 is 1.38 bits per heavy atom. The highest BCUT2D eigenvalue weighted by Gasteiger charge is 2.16. The molecule has 1 heterocycles. The van der Waals surface area contributed by atoms with Crippen molar-refractivity contribution >= 4 is 23.4 Å². The molecule has 1 aromatic rings. The number of hydrogen-bond donors (Lipinski definition) is 1. The van der Waals surface area contributed by atoms with Crippen LogP contribution in [0.4, 0.5) is 5.82 Å². The molecule has 1 N–H and O–H groups in total. The van der Waals surface area contributed by atoms with E-state index in [1.807, 2.05) is 13.8 Å². The highest BCUT2D eigenvalue weighted by Crippen LogP contribution is 2.20. The average Bonchev–Trinajstić information content (AvgIpc) is 2.28. The highest BCUT2D eigenvalue weighted by atomic mass is 35.5. The molecule has 6 heteroatoms. The van der Waals surface area contributed by atoms with Crippen LogP contribution in [0.25, 0.3) is 0 Å². The molecule has 0 saturated heterocycles. The summed E-state index contributed by atoms with van der Waals surface area (Å²) in [5, 5.41) is 11.0. The number of ether oxygens (including phenoxy) is 1. The number of hydrogen-bond acceptors (Lipinski definition) is 5.